The molecule has 1 aliphatic carbocycles. The Balaban J connectivity index is 0.00000231. The SMILES string of the molecule is Cc1ncoc1-c1nnc(SCCCN2CCC3(CCc4ccc(Br)cc43)C2)n1C.Cl. The summed E-state index contributed by atoms with van der Waals surface area (Å²) in [6.07, 6.45) is 6.41. The van der Waals surface area contributed by atoms with E-state index in [4.69, 9.17) is 4.42 Å². The van der Waals surface area contributed by atoms with Crippen LogP contribution in [0.15, 0.2) is 38.6 Å². The average Bonchev–Trinajstić information content (AvgIpc) is 3.50. The number of likely N-dealkylation sites (tertiary alicyclic amines) is 1. The fraction of sp³-hybridized carbons (Fsp3) is 0.500. The first-order valence-corrected chi connectivity index (χ1v) is 12.3. The number of aryl methyl sites for hydroxylation is 2. The lowest BCUT2D eigenvalue weighted by atomic mass is 9.81. The molecule has 0 radical (unpaired) electrons. The van der Waals surface area contributed by atoms with Crippen LogP contribution < -0.4 is 0 Å². The van der Waals surface area contributed by atoms with Crippen LogP contribution in [0.2, 0.25) is 0 Å². The molecule has 2 aromatic heterocycles. The van der Waals surface area contributed by atoms with Crippen molar-refractivity contribution < 1.29 is 4.42 Å². The maximum absolute atomic E-state index is 5.46. The zero-order valence-corrected chi connectivity index (χ0v) is 21.0. The van der Waals surface area contributed by atoms with Crippen LogP contribution in [-0.4, -0.2) is 50.0 Å². The highest BCUT2D eigenvalue weighted by molar-refractivity contribution is 9.10. The van der Waals surface area contributed by atoms with Crippen LogP contribution >= 0.6 is 40.1 Å². The van der Waals surface area contributed by atoms with E-state index in [0.29, 0.717) is 11.2 Å². The fourth-order valence-corrected chi connectivity index (χ4v) is 6.14. The summed E-state index contributed by atoms with van der Waals surface area (Å²) in [4.78, 5) is 6.80. The van der Waals surface area contributed by atoms with E-state index in [1.54, 1.807) is 22.9 Å². The molecule has 3 aromatic rings. The van der Waals surface area contributed by atoms with Gasteiger partial charge in [-0.3, -0.25) is 0 Å². The Morgan fingerprint density at radius 2 is 2.13 bits per heavy atom. The largest absolute Gasteiger partial charge is 0.440 e. The molecule has 2 aliphatic rings. The molecule has 1 aliphatic heterocycles. The van der Waals surface area contributed by atoms with Gasteiger partial charge in [0.2, 0.25) is 5.82 Å². The number of aromatic nitrogens is 4. The molecule has 166 valence electrons. The highest BCUT2D eigenvalue weighted by atomic mass is 79.9. The third-order valence-electron chi connectivity index (χ3n) is 6.58. The summed E-state index contributed by atoms with van der Waals surface area (Å²) in [7, 11) is 1.99. The summed E-state index contributed by atoms with van der Waals surface area (Å²) >= 11 is 5.43. The normalized spacial score (nSPS) is 20.4. The van der Waals surface area contributed by atoms with Gasteiger partial charge in [-0.2, -0.15) is 0 Å². The summed E-state index contributed by atoms with van der Waals surface area (Å²) in [5, 5.41) is 9.56. The van der Waals surface area contributed by atoms with Crippen LogP contribution in [-0.2, 0) is 18.9 Å². The average molecular weight is 525 g/mol. The van der Waals surface area contributed by atoms with Gasteiger partial charge in [0, 0.05) is 29.2 Å². The molecule has 9 heteroatoms. The molecular formula is C22H27BrClN5OS. The molecule has 3 heterocycles. The molecule has 0 amide bonds. The van der Waals surface area contributed by atoms with Crippen molar-refractivity contribution in [2.75, 3.05) is 25.4 Å². The second-order valence-electron chi connectivity index (χ2n) is 8.44. The summed E-state index contributed by atoms with van der Waals surface area (Å²) in [5.74, 6) is 2.47. The van der Waals surface area contributed by atoms with E-state index < -0.39 is 0 Å². The Morgan fingerprint density at radius 3 is 2.94 bits per heavy atom. The molecule has 1 saturated heterocycles. The van der Waals surface area contributed by atoms with Gasteiger partial charge in [0.1, 0.15) is 0 Å². The number of hydrogen-bond donors (Lipinski definition) is 0. The number of rotatable bonds is 6. The summed E-state index contributed by atoms with van der Waals surface area (Å²) < 4.78 is 8.67. The molecule has 31 heavy (non-hydrogen) atoms. The summed E-state index contributed by atoms with van der Waals surface area (Å²) in [6.45, 7) is 5.46. The van der Waals surface area contributed by atoms with Gasteiger partial charge < -0.3 is 13.9 Å². The number of benzene rings is 1. The molecule has 1 unspecified atom stereocenters. The minimum absolute atomic E-state index is 0. The Morgan fingerprint density at radius 1 is 1.26 bits per heavy atom. The van der Waals surface area contributed by atoms with Crippen molar-refractivity contribution in [3.05, 3.63) is 45.9 Å². The fourth-order valence-electron chi connectivity index (χ4n) is 4.95. The molecule has 0 bridgehead atoms. The first kappa shape index (κ1) is 22.8. The molecule has 1 fully saturated rings. The number of thioether (sulfide) groups is 1. The van der Waals surface area contributed by atoms with Gasteiger partial charge in [0.05, 0.1) is 5.69 Å². The van der Waals surface area contributed by atoms with Gasteiger partial charge in [-0.15, -0.1) is 22.6 Å². The number of fused-ring (bicyclic) bond motifs is 2. The summed E-state index contributed by atoms with van der Waals surface area (Å²) in [5.41, 5.74) is 4.35. The van der Waals surface area contributed by atoms with Crippen molar-refractivity contribution in [1.29, 1.82) is 0 Å². The van der Waals surface area contributed by atoms with E-state index in [0.717, 1.165) is 35.4 Å². The Hall–Kier alpha value is -1.35. The number of nitrogens with zero attached hydrogens (tertiary/aromatic N) is 5. The number of hydrogen-bond acceptors (Lipinski definition) is 6. The van der Waals surface area contributed by atoms with Gasteiger partial charge in [-0.25, -0.2) is 4.98 Å². The monoisotopic (exact) mass is 523 g/mol. The highest BCUT2D eigenvalue weighted by Crippen LogP contribution is 2.46. The van der Waals surface area contributed by atoms with Crippen LogP contribution in [0.25, 0.3) is 11.6 Å². The third-order valence-corrected chi connectivity index (χ3v) is 8.18. The van der Waals surface area contributed by atoms with Crippen LogP contribution in [0.3, 0.4) is 0 Å². The zero-order chi connectivity index (χ0) is 20.7. The minimum Gasteiger partial charge on any atom is -0.440 e. The van der Waals surface area contributed by atoms with Crippen molar-refractivity contribution in [2.45, 2.75) is 43.2 Å². The predicted octanol–water partition coefficient (Wildman–Crippen LogP) is 5.03. The second-order valence-corrected chi connectivity index (χ2v) is 10.4. The van der Waals surface area contributed by atoms with Gasteiger partial charge in [-0.05, 0) is 69.0 Å². The lowest BCUT2D eigenvalue weighted by molar-refractivity contribution is 0.310. The number of oxazole rings is 1. The minimum atomic E-state index is 0. The number of halogens is 2. The molecule has 6 nitrogen and oxygen atoms in total. The maximum atomic E-state index is 5.46. The van der Waals surface area contributed by atoms with Crippen molar-refractivity contribution >= 4 is 40.1 Å². The molecule has 0 saturated carbocycles. The Labute approximate surface area is 201 Å². The van der Waals surface area contributed by atoms with Gasteiger partial charge >= 0.3 is 0 Å². The first-order valence-electron chi connectivity index (χ1n) is 10.5. The van der Waals surface area contributed by atoms with E-state index in [2.05, 4.69) is 54.2 Å². The van der Waals surface area contributed by atoms with Crippen molar-refractivity contribution in [3.63, 3.8) is 0 Å². The van der Waals surface area contributed by atoms with Crippen LogP contribution in [0.1, 0.15) is 36.1 Å². The Kier molecular flexibility index (Phi) is 6.82. The molecule has 1 atom stereocenters. The van der Waals surface area contributed by atoms with Crippen molar-refractivity contribution in [2.24, 2.45) is 7.05 Å². The van der Waals surface area contributed by atoms with Gasteiger partial charge in [0.25, 0.3) is 0 Å². The zero-order valence-electron chi connectivity index (χ0n) is 17.8. The van der Waals surface area contributed by atoms with E-state index in [1.165, 1.54) is 43.2 Å². The van der Waals surface area contributed by atoms with Crippen LogP contribution in [0, 0.1) is 6.92 Å². The van der Waals surface area contributed by atoms with Crippen LogP contribution in [0.4, 0.5) is 0 Å². The quantitative estimate of drug-likeness (QED) is 0.333. The molecule has 1 spiro atoms. The molecule has 5 rings (SSSR count). The van der Waals surface area contributed by atoms with Gasteiger partial charge in [-0.1, -0.05) is 33.8 Å². The summed E-state index contributed by atoms with van der Waals surface area (Å²) in [6, 6.07) is 6.86. The van der Waals surface area contributed by atoms with Gasteiger partial charge in [0.15, 0.2) is 17.3 Å². The lowest BCUT2D eigenvalue weighted by Gasteiger charge is -2.26. The van der Waals surface area contributed by atoms with Crippen molar-refractivity contribution in [3.8, 4) is 11.6 Å². The predicted molar refractivity (Wildman–Crippen MR) is 129 cm³/mol. The highest BCUT2D eigenvalue weighted by Gasteiger charge is 2.43. The lowest BCUT2D eigenvalue weighted by Crippen LogP contribution is -2.29. The molecular weight excluding hydrogens is 498 g/mol. The van der Waals surface area contributed by atoms with E-state index >= 15 is 0 Å². The van der Waals surface area contributed by atoms with E-state index in [-0.39, 0.29) is 12.4 Å². The Bertz CT molecular complexity index is 1070. The maximum Gasteiger partial charge on any atom is 0.202 e. The molecule has 1 aromatic carbocycles. The first-order chi connectivity index (χ1) is 14.6. The smallest absolute Gasteiger partial charge is 0.202 e. The van der Waals surface area contributed by atoms with E-state index in [1.807, 2.05) is 18.5 Å². The van der Waals surface area contributed by atoms with Crippen LogP contribution in [0.5, 0.6) is 0 Å². The standard InChI is InChI=1S/C22H26BrN5OS.ClH/c1-15-19(29-14-24-15)20-25-26-21(27(20)2)30-11-3-9-28-10-8-22(13-28)7-6-16-4-5-17(23)12-18(16)22;/h4-5,12,14H,3,6-11,13H2,1-2H3;1H. The molecule has 0 N–H and O–H groups in total. The van der Waals surface area contributed by atoms with Crippen molar-refractivity contribution in [1.82, 2.24) is 24.6 Å². The second kappa shape index (κ2) is 9.25. The third kappa shape index (κ3) is 4.32. The topological polar surface area (TPSA) is 60.0 Å². The van der Waals surface area contributed by atoms with E-state index in [9.17, 15) is 0 Å².